The van der Waals surface area contributed by atoms with Crippen LogP contribution in [0.2, 0.25) is 5.02 Å². The highest BCUT2D eigenvalue weighted by molar-refractivity contribution is 7.99. The summed E-state index contributed by atoms with van der Waals surface area (Å²) in [6.07, 6.45) is 1.85. The minimum absolute atomic E-state index is 0.0535. The van der Waals surface area contributed by atoms with E-state index in [1.807, 2.05) is 12.1 Å². The molecule has 3 atom stereocenters. The van der Waals surface area contributed by atoms with Gasteiger partial charge in [0.25, 0.3) is 0 Å². The number of halogens is 3. The van der Waals surface area contributed by atoms with Crippen LogP contribution in [0.5, 0.6) is 5.75 Å². The second-order valence-corrected chi connectivity index (χ2v) is 8.05. The molecule has 3 nitrogen and oxygen atoms in total. The number of aliphatic hydroxyl groups excluding tert-OH is 1. The van der Waals surface area contributed by atoms with Gasteiger partial charge < -0.3 is 14.6 Å². The molecule has 1 unspecified atom stereocenters. The molecule has 28 heavy (non-hydrogen) atoms. The van der Waals surface area contributed by atoms with Crippen molar-refractivity contribution < 1.29 is 23.4 Å². The van der Waals surface area contributed by atoms with Gasteiger partial charge in [-0.15, -0.1) is 18.3 Å². The van der Waals surface area contributed by atoms with Crippen LogP contribution in [-0.2, 0) is 4.74 Å². The lowest BCUT2D eigenvalue weighted by molar-refractivity contribution is -0.0214. The molecule has 0 saturated heterocycles. The van der Waals surface area contributed by atoms with Gasteiger partial charge in [0, 0.05) is 26.6 Å². The summed E-state index contributed by atoms with van der Waals surface area (Å²) in [4.78, 5) is 0.871. The number of hydrogen-bond acceptors (Lipinski definition) is 4. The summed E-state index contributed by atoms with van der Waals surface area (Å²) in [6.45, 7) is 3.94. The largest absolute Gasteiger partial charge is 0.490 e. The highest BCUT2D eigenvalue weighted by atomic mass is 35.5. The van der Waals surface area contributed by atoms with Crippen molar-refractivity contribution >= 4 is 23.4 Å². The number of benzene rings is 2. The molecule has 2 aromatic rings. The van der Waals surface area contributed by atoms with Gasteiger partial charge in [-0.2, -0.15) is 0 Å². The lowest BCUT2D eigenvalue weighted by atomic mass is 9.89. The van der Waals surface area contributed by atoms with Crippen LogP contribution in [0.15, 0.2) is 53.9 Å². The van der Waals surface area contributed by atoms with Crippen molar-refractivity contribution in [3.05, 3.63) is 71.3 Å². The van der Waals surface area contributed by atoms with Crippen LogP contribution in [0.1, 0.15) is 17.2 Å². The highest BCUT2D eigenvalue weighted by Gasteiger charge is 2.40. The average molecular weight is 427 g/mol. The van der Waals surface area contributed by atoms with Crippen LogP contribution in [0.4, 0.5) is 8.78 Å². The van der Waals surface area contributed by atoms with E-state index in [9.17, 15) is 8.78 Å². The Morgan fingerprint density at radius 1 is 1.25 bits per heavy atom. The van der Waals surface area contributed by atoms with Crippen molar-refractivity contribution in [2.24, 2.45) is 5.92 Å². The second kappa shape index (κ2) is 9.74. The molecular formula is C21H21ClF2O3S. The fourth-order valence-electron chi connectivity index (χ4n) is 3.28. The third-order valence-electron chi connectivity index (χ3n) is 4.56. The first-order valence-corrected chi connectivity index (χ1v) is 10.2. The van der Waals surface area contributed by atoms with Crippen LogP contribution in [0, 0.1) is 17.6 Å². The average Bonchev–Trinajstić information content (AvgIpc) is 2.70. The monoisotopic (exact) mass is 426 g/mol. The zero-order valence-corrected chi connectivity index (χ0v) is 16.7. The molecule has 0 amide bonds. The number of aliphatic hydroxyl groups is 1. The summed E-state index contributed by atoms with van der Waals surface area (Å²) in [5.74, 6) is -1.43. The van der Waals surface area contributed by atoms with E-state index in [0.717, 1.165) is 17.0 Å². The lowest BCUT2D eigenvalue weighted by Crippen LogP contribution is -2.37. The molecule has 0 spiro atoms. The Bertz CT molecular complexity index is 816. The number of hydrogen-bond donors (Lipinski definition) is 1. The van der Waals surface area contributed by atoms with E-state index in [1.165, 1.54) is 11.8 Å². The molecule has 7 heteroatoms. The minimum atomic E-state index is -0.590. The maximum atomic E-state index is 14.8. The van der Waals surface area contributed by atoms with Gasteiger partial charge in [0.1, 0.15) is 5.82 Å². The van der Waals surface area contributed by atoms with Crippen LogP contribution < -0.4 is 4.74 Å². The van der Waals surface area contributed by atoms with Crippen LogP contribution >= 0.6 is 23.4 Å². The standard InChI is InChI=1S/C21H21ClF2O3S/c1-2-3-18(26-11-10-25)15-12-27-20-17(24)9-8-16(23)19(20)21(15)28-14-6-4-13(22)5-7-14/h2,4-9,15,18,21,25H,1,3,10-12H2/t15?,18-,21-/m0/s1. The number of thioether (sulfide) groups is 1. The Hall–Kier alpha value is -1.60. The lowest BCUT2D eigenvalue weighted by Gasteiger charge is -2.37. The maximum Gasteiger partial charge on any atom is 0.165 e. The van der Waals surface area contributed by atoms with Crippen LogP contribution in [0.25, 0.3) is 0 Å². The zero-order valence-electron chi connectivity index (χ0n) is 15.1. The molecule has 0 radical (unpaired) electrons. The van der Waals surface area contributed by atoms with E-state index in [-0.39, 0.29) is 43.2 Å². The number of ether oxygens (including phenoxy) is 2. The fraction of sp³-hybridized carbons (Fsp3) is 0.333. The minimum Gasteiger partial charge on any atom is -0.490 e. The third-order valence-corrected chi connectivity index (χ3v) is 6.20. The highest BCUT2D eigenvalue weighted by Crippen LogP contribution is 2.50. The molecule has 0 bridgehead atoms. The van der Waals surface area contributed by atoms with Gasteiger partial charge >= 0.3 is 0 Å². The molecule has 1 heterocycles. The van der Waals surface area contributed by atoms with E-state index >= 15 is 0 Å². The number of rotatable bonds is 8. The van der Waals surface area contributed by atoms with Gasteiger partial charge in [0.2, 0.25) is 0 Å². The van der Waals surface area contributed by atoms with E-state index < -0.39 is 16.9 Å². The van der Waals surface area contributed by atoms with Gasteiger partial charge in [0.05, 0.1) is 25.9 Å². The molecule has 2 aromatic carbocycles. The van der Waals surface area contributed by atoms with E-state index in [4.69, 9.17) is 26.2 Å². The van der Waals surface area contributed by atoms with Crippen LogP contribution in [0.3, 0.4) is 0 Å². The van der Waals surface area contributed by atoms with Crippen molar-refractivity contribution in [1.82, 2.24) is 0 Å². The molecule has 0 aliphatic carbocycles. The van der Waals surface area contributed by atoms with Crippen molar-refractivity contribution in [3.8, 4) is 5.75 Å². The molecule has 0 saturated carbocycles. The normalized spacial score (nSPS) is 19.6. The molecule has 1 aliphatic heterocycles. The smallest absolute Gasteiger partial charge is 0.165 e. The first-order chi connectivity index (χ1) is 13.5. The Labute approximate surface area is 172 Å². The quantitative estimate of drug-likeness (QED) is 0.572. The van der Waals surface area contributed by atoms with Gasteiger partial charge in [-0.3, -0.25) is 0 Å². The Kier molecular flexibility index (Phi) is 7.35. The maximum absolute atomic E-state index is 14.8. The SMILES string of the molecule is C=CC[C@H](OCCO)C1COc2c(F)ccc(F)c2[C@H]1Sc1ccc(Cl)cc1. The molecule has 0 aromatic heterocycles. The van der Waals surface area contributed by atoms with Crippen molar-refractivity contribution in [1.29, 1.82) is 0 Å². The summed E-state index contributed by atoms with van der Waals surface area (Å²) in [5, 5.41) is 9.30. The molecule has 3 rings (SSSR count). The predicted octanol–water partition coefficient (Wildman–Crippen LogP) is 5.41. The van der Waals surface area contributed by atoms with Crippen molar-refractivity contribution in [3.63, 3.8) is 0 Å². The first kappa shape index (κ1) is 21.1. The van der Waals surface area contributed by atoms with E-state index in [2.05, 4.69) is 6.58 Å². The zero-order chi connectivity index (χ0) is 20.1. The summed E-state index contributed by atoms with van der Waals surface area (Å²) in [5.41, 5.74) is 0.192. The Balaban J connectivity index is 2.01. The van der Waals surface area contributed by atoms with Gasteiger partial charge in [-0.25, -0.2) is 8.78 Å². The third kappa shape index (κ3) is 4.69. The first-order valence-electron chi connectivity index (χ1n) is 8.91. The summed E-state index contributed by atoms with van der Waals surface area (Å²) in [6, 6.07) is 9.38. The Morgan fingerprint density at radius 2 is 1.96 bits per heavy atom. The second-order valence-electron chi connectivity index (χ2n) is 6.40. The van der Waals surface area contributed by atoms with Gasteiger partial charge in [-0.1, -0.05) is 17.7 Å². The van der Waals surface area contributed by atoms with Crippen molar-refractivity contribution in [2.45, 2.75) is 22.7 Å². The fourth-order valence-corrected chi connectivity index (χ4v) is 4.76. The van der Waals surface area contributed by atoms with Gasteiger partial charge in [-0.05, 0) is 42.8 Å². The summed E-state index contributed by atoms with van der Waals surface area (Å²) >= 11 is 7.38. The Morgan fingerprint density at radius 3 is 2.64 bits per heavy atom. The molecular weight excluding hydrogens is 406 g/mol. The summed E-state index contributed by atoms with van der Waals surface area (Å²) in [7, 11) is 0. The molecule has 0 fully saturated rings. The predicted molar refractivity (Wildman–Crippen MR) is 107 cm³/mol. The summed E-state index contributed by atoms with van der Waals surface area (Å²) < 4.78 is 40.5. The van der Waals surface area contributed by atoms with E-state index in [1.54, 1.807) is 18.2 Å². The van der Waals surface area contributed by atoms with Crippen LogP contribution in [-0.4, -0.2) is 31.0 Å². The van der Waals surface area contributed by atoms with Gasteiger partial charge in [0.15, 0.2) is 11.6 Å². The topological polar surface area (TPSA) is 38.7 Å². The number of fused-ring (bicyclic) bond motifs is 1. The van der Waals surface area contributed by atoms with Crippen molar-refractivity contribution in [2.75, 3.05) is 19.8 Å². The molecule has 150 valence electrons. The molecule has 1 aliphatic rings. The molecule has 1 N–H and O–H groups in total. The van der Waals surface area contributed by atoms with E-state index in [0.29, 0.717) is 11.4 Å².